The van der Waals surface area contributed by atoms with Crippen LogP contribution >= 0.6 is 0 Å². The lowest BCUT2D eigenvalue weighted by Crippen LogP contribution is -2.52. The van der Waals surface area contributed by atoms with Crippen molar-refractivity contribution in [2.24, 2.45) is 22.7 Å². The molecule has 0 radical (unpaired) electrons. The summed E-state index contributed by atoms with van der Waals surface area (Å²) < 4.78 is 4.66. The first-order chi connectivity index (χ1) is 11.7. The second-order valence-electron chi connectivity index (χ2n) is 8.65. The monoisotopic (exact) mass is 348 g/mol. The van der Waals surface area contributed by atoms with Crippen LogP contribution in [0.2, 0.25) is 0 Å². The van der Waals surface area contributed by atoms with Crippen LogP contribution in [0.5, 0.6) is 0 Å². The summed E-state index contributed by atoms with van der Waals surface area (Å²) in [5.41, 5.74) is 1.79. The van der Waals surface area contributed by atoms with E-state index in [1.807, 2.05) is 13.0 Å². The van der Waals surface area contributed by atoms with Gasteiger partial charge in [-0.15, -0.1) is 0 Å². The van der Waals surface area contributed by atoms with Crippen molar-refractivity contribution >= 4 is 11.8 Å². The number of esters is 1. The summed E-state index contributed by atoms with van der Waals surface area (Å²) in [5.74, 6) is 0.179. The van der Waals surface area contributed by atoms with Gasteiger partial charge in [0.15, 0.2) is 5.78 Å². The summed E-state index contributed by atoms with van der Waals surface area (Å²) >= 11 is 0. The van der Waals surface area contributed by atoms with Gasteiger partial charge in [-0.25, -0.2) is 4.79 Å². The lowest BCUT2D eigenvalue weighted by atomic mass is 9.48. The van der Waals surface area contributed by atoms with Crippen molar-refractivity contribution in [1.29, 1.82) is 0 Å². The average molecular weight is 348 g/mol. The number of hydrogen-bond acceptors (Lipinski definition) is 4. The molecule has 0 unspecified atom stereocenters. The summed E-state index contributed by atoms with van der Waals surface area (Å²) in [6.45, 7) is 8.60. The summed E-state index contributed by atoms with van der Waals surface area (Å²) in [4.78, 5) is 24.2. The molecule has 1 fully saturated rings. The van der Waals surface area contributed by atoms with Gasteiger partial charge in [-0.3, -0.25) is 4.79 Å². The Bertz CT molecular complexity index is 599. The topological polar surface area (TPSA) is 63.6 Å². The maximum Gasteiger partial charge on any atom is 0.330 e. The van der Waals surface area contributed by atoms with E-state index in [0.29, 0.717) is 17.9 Å². The molecule has 2 aliphatic carbocycles. The Morgan fingerprint density at radius 3 is 2.64 bits per heavy atom. The van der Waals surface area contributed by atoms with Crippen molar-refractivity contribution in [3.63, 3.8) is 0 Å². The van der Waals surface area contributed by atoms with Crippen LogP contribution in [0, 0.1) is 22.7 Å². The van der Waals surface area contributed by atoms with Gasteiger partial charge in [0.25, 0.3) is 0 Å². The predicted molar refractivity (Wildman–Crippen MR) is 97.9 cm³/mol. The maximum absolute atomic E-state index is 12.8. The van der Waals surface area contributed by atoms with Gasteiger partial charge in [-0.05, 0) is 61.0 Å². The predicted octanol–water partition coefficient (Wildman–Crippen LogP) is 3.84. The third kappa shape index (κ3) is 3.89. The Labute approximate surface area is 151 Å². The molecule has 0 aliphatic heterocycles. The van der Waals surface area contributed by atoms with Gasteiger partial charge in [0.2, 0.25) is 0 Å². The van der Waals surface area contributed by atoms with Gasteiger partial charge in [0, 0.05) is 12.0 Å². The van der Waals surface area contributed by atoms with E-state index in [-0.39, 0.29) is 29.1 Å². The van der Waals surface area contributed by atoms with Gasteiger partial charge in [0.1, 0.15) is 0 Å². The Morgan fingerprint density at radius 2 is 2.04 bits per heavy atom. The highest BCUT2D eigenvalue weighted by Gasteiger charge is 2.55. The number of aliphatic hydroxyl groups excluding tert-OH is 1. The third-order valence-electron chi connectivity index (χ3n) is 6.46. The number of fused-ring (bicyclic) bond motifs is 1. The number of ketones is 1. The van der Waals surface area contributed by atoms with Gasteiger partial charge in [-0.1, -0.05) is 32.8 Å². The largest absolute Gasteiger partial charge is 0.466 e. The van der Waals surface area contributed by atoms with E-state index in [1.165, 1.54) is 13.2 Å². The molecule has 3 atom stereocenters. The smallest absolute Gasteiger partial charge is 0.330 e. The van der Waals surface area contributed by atoms with Crippen LogP contribution in [0.1, 0.15) is 59.8 Å². The minimum absolute atomic E-state index is 0.0151. The lowest BCUT2D eigenvalue weighted by Gasteiger charge is -2.55. The third-order valence-corrected chi connectivity index (χ3v) is 6.46. The number of hydrogen-bond donors (Lipinski definition) is 1. The standard InChI is InChI=1S/C21H32O4/c1-14-11-17(23)19-20(2,3)9-6-10-21(19,4)16(14)8-7-15(13-22)12-18(24)25-5/h11-12,16,19,22H,6-10,13H2,1-5H3/b15-12+/t16-,19-,21+/m1/s1. The normalized spacial score (nSPS) is 32.0. The fourth-order valence-corrected chi connectivity index (χ4v) is 5.43. The molecule has 0 aromatic rings. The van der Waals surface area contributed by atoms with E-state index in [4.69, 9.17) is 0 Å². The Balaban J connectivity index is 2.27. The van der Waals surface area contributed by atoms with Crippen molar-refractivity contribution in [3.05, 3.63) is 23.3 Å². The maximum atomic E-state index is 12.8. The quantitative estimate of drug-likeness (QED) is 0.606. The fourth-order valence-electron chi connectivity index (χ4n) is 5.43. The first-order valence-electron chi connectivity index (χ1n) is 9.26. The molecule has 4 nitrogen and oxygen atoms in total. The minimum Gasteiger partial charge on any atom is -0.466 e. The van der Waals surface area contributed by atoms with E-state index >= 15 is 0 Å². The molecule has 0 spiro atoms. The van der Waals surface area contributed by atoms with Crippen LogP contribution < -0.4 is 0 Å². The fraction of sp³-hybridized carbons (Fsp3) is 0.714. The van der Waals surface area contributed by atoms with E-state index in [2.05, 4.69) is 25.5 Å². The van der Waals surface area contributed by atoms with Crippen LogP contribution in [-0.2, 0) is 14.3 Å². The van der Waals surface area contributed by atoms with Crippen molar-refractivity contribution < 1.29 is 19.4 Å². The molecule has 0 bridgehead atoms. The average Bonchev–Trinajstić information content (AvgIpc) is 2.51. The number of carbonyl (C=O) groups excluding carboxylic acids is 2. The molecule has 2 rings (SSSR count). The first-order valence-corrected chi connectivity index (χ1v) is 9.26. The number of allylic oxidation sites excluding steroid dienone is 2. The second kappa shape index (κ2) is 7.45. The molecule has 0 amide bonds. The van der Waals surface area contributed by atoms with Gasteiger partial charge < -0.3 is 9.84 Å². The molecule has 0 saturated heterocycles. The van der Waals surface area contributed by atoms with Crippen LogP contribution in [-0.4, -0.2) is 30.6 Å². The van der Waals surface area contributed by atoms with E-state index in [1.54, 1.807) is 0 Å². The molecule has 1 saturated carbocycles. The highest BCUT2D eigenvalue weighted by atomic mass is 16.5. The molecule has 25 heavy (non-hydrogen) atoms. The first kappa shape index (κ1) is 19.9. The molecule has 4 heteroatoms. The molecule has 0 aromatic heterocycles. The summed E-state index contributed by atoms with van der Waals surface area (Å²) in [6.07, 6.45) is 7.98. The lowest BCUT2D eigenvalue weighted by molar-refractivity contribution is -0.136. The zero-order valence-electron chi connectivity index (χ0n) is 16.2. The summed E-state index contributed by atoms with van der Waals surface area (Å²) in [7, 11) is 1.34. The Kier molecular flexibility index (Phi) is 5.93. The highest BCUT2D eigenvalue weighted by molar-refractivity contribution is 5.95. The van der Waals surface area contributed by atoms with Crippen LogP contribution in [0.25, 0.3) is 0 Å². The van der Waals surface area contributed by atoms with Crippen molar-refractivity contribution in [1.82, 2.24) is 0 Å². The highest BCUT2D eigenvalue weighted by Crippen LogP contribution is 2.59. The van der Waals surface area contributed by atoms with Crippen LogP contribution in [0.3, 0.4) is 0 Å². The summed E-state index contributed by atoms with van der Waals surface area (Å²) in [6, 6.07) is 0. The van der Waals surface area contributed by atoms with Crippen molar-refractivity contribution in [3.8, 4) is 0 Å². The molecule has 1 N–H and O–H groups in total. The van der Waals surface area contributed by atoms with Crippen molar-refractivity contribution in [2.45, 2.75) is 59.8 Å². The number of methoxy groups -OCH3 is 1. The van der Waals surface area contributed by atoms with E-state index in [0.717, 1.165) is 31.3 Å². The zero-order valence-corrected chi connectivity index (χ0v) is 16.2. The molecular formula is C21H32O4. The van der Waals surface area contributed by atoms with Gasteiger partial charge in [0.05, 0.1) is 13.7 Å². The van der Waals surface area contributed by atoms with Crippen LogP contribution in [0.15, 0.2) is 23.3 Å². The Hall–Kier alpha value is -1.42. The number of carbonyl (C=O) groups is 2. The number of ether oxygens (including phenoxy) is 1. The SMILES string of the molecule is COC(=O)/C=C(/CO)CC[C@@H]1C(C)=CC(=O)[C@@H]2C(C)(C)CCC[C@@]12C. The number of aliphatic hydroxyl groups is 1. The van der Waals surface area contributed by atoms with Gasteiger partial charge >= 0.3 is 5.97 Å². The zero-order chi connectivity index (χ0) is 18.8. The summed E-state index contributed by atoms with van der Waals surface area (Å²) in [5, 5.41) is 9.54. The molecule has 2 aliphatic rings. The van der Waals surface area contributed by atoms with Gasteiger partial charge in [-0.2, -0.15) is 0 Å². The number of rotatable bonds is 5. The molecular weight excluding hydrogens is 316 g/mol. The minimum atomic E-state index is -0.432. The molecule has 140 valence electrons. The molecule has 0 aromatic carbocycles. The van der Waals surface area contributed by atoms with Crippen LogP contribution in [0.4, 0.5) is 0 Å². The molecule has 0 heterocycles. The second-order valence-corrected chi connectivity index (χ2v) is 8.65. The van der Waals surface area contributed by atoms with E-state index < -0.39 is 5.97 Å². The van der Waals surface area contributed by atoms with E-state index in [9.17, 15) is 14.7 Å². The Morgan fingerprint density at radius 1 is 1.36 bits per heavy atom. The van der Waals surface area contributed by atoms with Crippen molar-refractivity contribution in [2.75, 3.05) is 13.7 Å².